The first-order chi connectivity index (χ1) is 12.1. The maximum atomic E-state index is 12.5. The highest BCUT2D eigenvalue weighted by molar-refractivity contribution is 5.94. The molecule has 0 radical (unpaired) electrons. The van der Waals surface area contributed by atoms with E-state index in [4.69, 9.17) is 0 Å². The Hall–Kier alpha value is -2.56. The molecule has 132 valence electrons. The molecule has 0 unspecified atom stereocenters. The highest BCUT2D eigenvalue weighted by Gasteiger charge is 2.18. The number of nitrogens with zero attached hydrogens (tertiary/aromatic N) is 2. The molecule has 5 heteroatoms. The molecule has 1 N–H and O–H groups in total. The SMILES string of the molecule is Cc1ccc(C(=O)NCc2ccc(C(=O)N3CCCCC3)cc2)n1C. The van der Waals surface area contributed by atoms with Crippen molar-refractivity contribution in [2.45, 2.75) is 32.7 Å². The molecule has 1 aromatic carbocycles. The van der Waals surface area contributed by atoms with Gasteiger partial charge in [-0.1, -0.05) is 12.1 Å². The van der Waals surface area contributed by atoms with E-state index in [1.165, 1.54) is 6.42 Å². The van der Waals surface area contributed by atoms with Crippen LogP contribution in [0.1, 0.15) is 51.4 Å². The molecule has 2 aromatic rings. The minimum absolute atomic E-state index is 0.0935. The number of piperidine rings is 1. The van der Waals surface area contributed by atoms with Gasteiger partial charge in [-0.3, -0.25) is 9.59 Å². The normalized spacial score (nSPS) is 14.4. The Kier molecular flexibility index (Phi) is 5.22. The quantitative estimate of drug-likeness (QED) is 0.931. The number of hydrogen-bond donors (Lipinski definition) is 1. The topological polar surface area (TPSA) is 54.3 Å². The van der Waals surface area contributed by atoms with Crippen LogP contribution in [0.25, 0.3) is 0 Å². The van der Waals surface area contributed by atoms with Crippen LogP contribution in [0.15, 0.2) is 36.4 Å². The van der Waals surface area contributed by atoms with Crippen molar-refractivity contribution in [3.63, 3.8) is 0 Å². The number of carbonyl (C=O) groups is 2. The van der Waals surface area contributed by atoms with Gasteiger partial charge in [-0.15, -0.1) is 0 Å². The fourth-order valence-electron chi connectivity index (χ4n) is 3.16. The maximum Gasteiger partial charge on any atom is 0.268 e. The van der Waals surface area contributed by atoms with Gasteiger partial charge in [0, 0.05) is 37.9 Å². The van der Waals surface area contributed by atoms with Crippen LogP contribution in [0.3, 0.4) is 0 Å². The van der Waals surface area contributed by atoms with E-state index in [0.29, 0.717) is 12.2 Å². The molecule has 0 spiro atoms. The summed E-state index contributed by atoms with van der Waals surface area (Å²) in [4.78, 5) is 26.6. The number of aryl methyl sites for hydroxylation is 1. The third-order valence-corrected chi connectivity index (χ3v) is 4.90. The van der Waals surface area contributed by atoms with E-state index in [1.54, 1.807) is 0 Å². The summed E-state index contributed by atoms with van der Waals surface area (Å²) in [5.41, 5.74) is 3.39. The molecule has 0 bridgehead atoms. The summed E-state index contributed by atoms with van der Waals surface area (Å²) in [5.74, 6) is 0.0126. The molecule has 1 aromatic heterocycles. The maximum absolute atomic E-state index is 12.5. The second-order valence-electron chi connectivity index (χ2n) is 6.65. The van der Waals surface area contributed by atoms with Crippen molar-refractivity contribution in [1.29, 1.82) is 0 Å². The van der Waals surface area contributed by atoms with Crippen molar-refractivity contribution in [2.24, 2.45) is 7.05 Å². The number of benzene rings is 1. The first-order valence-corrected chi connectivity index (χ1v) is 8.85. The van der Waals surface area contributed by atoms with Crippen LogP contribution < -0.4 is 5.32 Å². The minimum atomic E-state index is -0.0935. The van der Waals surface area contributed by atoms with Crippen molar-refractivity contribution in [3.8, 4) is 0 Å². The van der Waals surface area contributed by atoms with Gasteiger partial charge in [0.2, 0.25) is 0 Å². The molecule has 25 heavy (non-hydrogen) atoms. The first-order valence-electron chi connectivity index (χ1n) is 8.85. The monoisotopic (exact) mass is 339 g/mol. The molecular weight excluding hydrogens is 314 g/mol. The summed E-state index contributed by atoms with van der Waals surface area (Å²) in [7, 11) is 1.88. The molecule has 5 nitrogen and oxygen atoms in total. The van der Waals surface area contributed by atoms with Crippen LogP contribution >= 0.6 is 0 Å². The van der Waals surface area contributed by atoms with Gasteiger partial charge in [0.25, 0.3) is 11.8 Å². The minimum Gasteiger partial charge on any atom is -0.347 e. The van der Waals surface area contributed by atoms with Gasteiger partial charge in [-0.2, -0.15) is 0 Å². The fourth-order valence-corrected chi connectivity index (χ4v) is 3.16. The summed E-state index contributed by atoms with van der Waals surface area (Å²) in [5, 5.41) is 2.93. The van der Waals surface area contributed by atoms with Crippen LogP contribution in [0.2, 0.25) is 0 Å². The third-order valence-electron chi connectivity index (χ3n) is 4.90. The Morgan fingerprint density at radius 2 is 1.68 bits per heavy atom. The molecular formula is C20H25N3O2. The molecule has 1 saturated heterocycles. The molecule has 2 amide bonds. The zero-order chi connectivity index (χ0) is 17.8. The van der Waals surface area contributed by atoms with Gasteiger partial charge in [0.1, 0.15) is 5.69 Å². The van der Waals surface area contributed by atoms with E-state index in [0.717, 1.165) is 42.8 Å². The lowest BCUT2D eigenvalue weighted by atomic mass is 10.1. The Balaban J connectivity index is 1.58. The Morgan fingerprint density at radius 1 is 1.00 bits per heavy atom. The van der Waals surface area contributed by atoms with Crippen LogP contribution in [0, 0.1) is 6.92 Å². The summed E-state index contributed by atoms with van der Waals surface area (Å²) < 4.78 is 1.87. The predicted molar refractivity (Wildman–Crippen MR) is 97.5 cm³/mol. The average Bonchev–Trinajstić information content (AvgIpc) is 2.99. The van der Waals surface area contributed by atoms with Gasteiger partial charge >= 0.3 is 0 Å². The van der Waals surface area contributed by atoms with E-state index < -0.39 is 0 Å². The predicted octanol–water partition coefficient (Wildman–Crippen LogP) is 2.89. The van der Waals surface area contributed by atoms with Crippen molar-refractivity contribution < 1.29 is 9.59 Å². The molecule has 2 heterocycles. The zero-order valence-electron chi connectivity index (χ0n) is 14.9. The molecule has 1 fully saturated rings. The Labute approximate surface area is 148 Å². The lowest BCUT2D eigenvalue weighted by molar-refractivity contribution is 0.0724. The van der Waals surface area contributed by atoms with Crippen molar-refractivity contribution in [2.75, 3.05) is 13.1 Å². The zero-order valence-corrected chi connectivity index (χ0v) is 14.9. The smallest absolute Gasteiger partial charge is 0.268 e. The Morgan fingerprint density at radius 3 is 2.28 bits per heavy atom. The van der Waals surface area contributed by atoms with Gasteiger partial charge in [-0.25, -0.2) is 0 Å². The van der Waals surface area contributed by atoms with Crippen LogP contribution in [-0.2, 0) is 13.6 Å². The van der Waals surface area contributed by atoms with Crippen LogP contribution in [0.5, 0.6) is 0 Å². The van der Waals surface area contributed by atoms with Crippen molar-refractivity contribution >= 4 is 11.8 Å². The molecule has 1 aliphatic rings. The molecule has 0 aliphatic carbocycles. The summed E-state index contributed by atoms with van der Waals surface area (Å²) in [6, 6.07) is 11.3. The number of hydrogen-bond acceptors (Lipinski definition) is 2. The van der Waals surface area contributed by atoms with Crippen molar-refractivity contribution in [3.05, 3.63) is 58.9 Å². The summed E-state index contributed by atoms with van der Waals surface area (Å²) >= 11 is 0. The van der Waals surface area contributed by atoms with Gasteiger partial charge in [0.15, 0.2) is 0 Å². The van der Waals surface area contributed by atoms with Crippen LogP contribution in [0.4, 0.5) is 0 Å². The number of carbonyl (C=O) groups excluding carboxylic acids is 2. The Bertz CT molecular complexity index is 756. The number of amides is 2. The van der Waals surface area contributed by atoms with Gasteiger partial charge < -0.3 is 14.8 Å². The standard InChI is InChI=1S/C20H25N3O2/c1-15-6-11-18(22(15)2)19(24)21-14-16-7-9-17(10-8-16)20(25)23-12-4-3-5-13-23/h6-11H,3-5,12-14H2,1-2H3,(H,21,24). The van der Waals surface area contributed by atoms with E-state index in [9.17, 15) is 9.59 Å². The van der Waals surface area contributed by atoms with Gasteiger partial charge in [0.05, 0.1) is 0 Å². The lowest BCUT2D eigenvalue weighted by Crippen LogP contribution is -2.35. The summed E-state index contributed by atoms with van der Waals surface area (Å²) in [6.07, 6.45) is 3.39. The third kappa shape index (κ3) is 3.92. The molecule has 0 atom stereocenters. The number of nitrogens with one attached hydrogen (secondary N) is 1. The number of rotatable bonds is 4. The first kappa shape index (κ1) is 17.3. The molecule has 1 aliphatic heterocycles. The molecule has 3 rings (SSSR count). The second-order valence-corrected chi connectivity index (χ2v) is 6.65. The average molecular weight is 339 g/mol. The summed E-state index contributed by atoms with van der Waals surface area (Å²) in [6.45, 7) is 4.12. The van der Waals surface area contributed by atoms with Crippen LogP contribution in [-0.4, -0.2) is 34.4 Å². The van der Waals surface area contributed by atoms with Crippen molar-refractivity contribution in [1.82, 2.24) is 14.8 Å². The fraction of sp³-hybridized carbons (Fsp3) is 0.400. The highest BCUT2D eigenvalue weighted by atomic mass is 16.2. The highest BCUT2D eigenvalue weighted by Crippen LogP contribution is 2.14. The van der Waals surface area contributed by atoms with Gasteiger partial charge in [-0.05, 0) is 56.0 Å². The van der Waals surface area contributed by atoms with E-state index in [1.807, 2.05) is 59.8 Å². The largest absolute Gasteiger partial charge is 0.347 e. The van der Waals surface area contributed by atoms with E-state index >= 15 is 0 Å². The van der Waals surface area contributed by atoms with E-state index in [-0.39, 0.29) is 11.8 Å². The lowest BCUT2D eigenvalue weighted by Gasteiger charge is -2.26. The molecule has 0 saturated carbocycles. The van der Waals surface area contributed by atoms with E-state index in [2.05, 4.69) is 5.32 Å². The second kappa shape index (κ2) is 7.55. The number of likely N-dealkylation sites (tertiary alicyclic amines) is 1. The number of aromatic nitrogens is 1.